The van der Waals surface area contributed by atoms with Crippen molar-refractivity contribution in [3.8, 4) is 0 Å². The molecule has 0 saturated heterocycles. The molecule has 0 radical (unpaired) electrons. The van der Waals surface area contributed by atoms with E-state index in [1.807, 2.05) is 60.7 Å². The van der Waals surface area contributed by atoms with Gasteiger partial charge >= 0.3 is 5.97 Å². The summed E-state index contributed by atoms with van der Waals surface area (Å²) >= 11 is 6.68. The third-order valence-corrected chi connectivity index (χ3v) is 10.3. The van der Waals surface area contributed by atoms with Crippen LogP contribution in [0.2, 0.25) is 5.02 Å². The monoisotopic (exact) mass is 429 g/mol. The molecule has 1 atom stereocenters. The van der Waals surface area contributed by atoms with Gasteiger partial charge in [0.05, 0.1) is 16.1 Å². The fraction of sp³-hybridized carbons (Fsp3) is 0.0385. The van der Waals surface area contributed by atoms with Crippen molar-refractivity contribution in [1.82, 2.24) is 0 Å². The number of fused-ring (bicyclic) bond motifs is 1. The average molecular weight is 430 g/mol. The van der Waals surface area contributed by atoms with Gasteiger partial charge < -0.3 is 4.74 Å². The second-order valence-electron chi connectivity index (χ2n) is 7.19. The Hall–Kier alpha value is -2.93. The Morgan fingerprint density at radius 3 is 1.57 bits per heavy atom. The molecule has 4 aromatic rings. The molecular weight excluding hydrogens is 411 g/mol. The Balaban J connectivity index is 1.91. The molecule has 2 nitrogen and oxygen atoms in total. The van der Waals surface area contributed by atoms with Crippen molar-refractivity contribution in [3.05, 3.63) is 125 Å². The lowest BCUT2D eigenvalue weighted by molar-refractivity contribution is 0.0514. The maximum atomic E-state index is 12.9. The summed E-state index contributed by atoms with van der Waals surface area (Å²) < 4.78 is 6.17. The fourth-order valence-corrected chi connectivity index (χ4v) is 9.21. The minimum atomic E-state index is -2.43. The zero-order valence-corrected chi connectivity index (χ0v) is 17.8. The van der Waals surface area contributed by atoms with Gasteiger partial charge in [0.15, 0.2) is 7.26 Å². The highest BCUT2D eigenvalue weighted by Gasteiger charge is 2.59. The van der Waals surface area contributed by atoms with Gasteiger partial charge in [0, 0.05) is 0 Å². The Kier molecular flexibility index (Phi) is 4.90. The van der Waals surface area contributed by atoms with E-state index in [0.717, 1.165) is 21.5 Å². The van der Waals surface area contributed by atoms with Crippen molar-refractivity contribution >= 4 is 40.7 Å². The van der Waals surface area contributed by atoms with E-state index in [1.165, 1.54) is 0 Å². The highest BCUT2D eigenvalue weighted by Crippen LogP contribution is 2.69. The molecule has 0 N–H and O–H groups in total. The van der Waals surface area contributed by atoms with E-state index in [-0.39, 0.29) is 5.97 Å². The normalized spacial score (nSPS) is 15.5. The van der Waals surface area contributed by atoms with Gasteiger partial charge in [0.2, 0.25) is 0 Å². The minimum absolute atomic E-state index is 0.315. The topological polar surface area (TPSA) is 26.3 Å². The van der Waals surface area contributed by atoms with E-state index < -0.39 is 13.1 Å². The average Bonchev–Trinajstić information content (AvgIpc) is 3.15. The molecule has 5 rings (SSSR count). The van der Waals surface area contributed by atoms with Gasteiger partial charge in [-0.2, -0.15) is 0 Å². The van der Waals surface area contributed by atoms with Crippen LogP contribution < -0.4 is 15.9 Å². The Labute approximate surface area is 181 Å². The van der Waals surface area contributed by atoms with Gasteiger partial charge in [-0.1, -0.05) is 72.3 Å². The number of carbonyl (C=O) groups excluding carboxylic acids is 1. The van der Waals surface area contributed by atoms with E-state index >= 15 is 0 Å². The lowest BCUT2D eigenvalue weighted by atomic mass is 10.1. The first-order chi connectivity index (χ1) is 14.7. The molecule has 0 saturated carbocycles. The Morgan fingerprint density at radius 2 is 1.10 bits per heavy atom. The molecule has 0 aromatic heterocycles. The van der Waals surface area contributed by atoms with Crippen molar-refractivity contribution in [2.75, 3.05) is 0 Å². The quantitative estimate of drug-likeness (QED) is 0.316. The molecule has 0 spiro atoms. The van der Waals surface area contributed by atoms with Crippen molar-refractivity contribution in [2.45, 2.75) is 5.85 Å². The van der Waals surface area contributed by atoms with E-state index in [9.17, 15) is 4.79 Å². The van der Waals surface area contributed by atoms with Crippen LogP contribution in [-0.4, -0.2) is 5.97 Å². The zero-order chi connectivity index (χ0) is 20.6. The molecule has 1 unspecified atom stereocenters. The molecule has 1 aliphatic rings. The van der Waals surface area contributed by atoms with Gasteiger partial charge in [-0.3, -0.25) is 0 Å². The van der Waals surface area contributed by atoms with Crippen molar-refractivity contribution in [3.63, 3.8) is 0 Å². The standard InChI is InChI=1S/C26H19ClO2P/c27-23-18-10-17-22-24(23)26(29-25(22)28)30(19-11-4-1-5-12-19,20-13-6-2-7-14-20)21-15-8-3-9-16-21/h1-18,26H/q+1. The Bertz CT molecular complexity index is 1100. The molecule has 146 valence electrons. The van der Waals surface area contributed by atoms with Gasteiger partial charge in [0.25, 0.3) is 5.85 Å². The summed E-state index contributed by atoms with van der Waals surface area (Å²) in [4.78, 5) is 12.9. The number of hydrogen-bond donors (Lipinski definition) is 0. The lowest BCUT2D eigenvalue weighted by Crippen LogP contribution is -2.35. The first kappa shape index (κ1) is 19.1. The van der Waals surface area contributed by atoms with Crippen LogP contribution in [0, 0.1) is 0 Å². The van der Waals surface area contributed by atoms with Crippen LogP contribution in [0.1, 0.15) is 21.8 Å². The highest BCUT2D eigenvalue weighted by molar-refractivity contribution is 7.95. The van der Waals surface area contributed by atoms with Crippen molar-refractivity contribution in [2.24, 2.45) is 0 Å². The van der Waals surface area contributed by atoms with Crippen LogP contribution in [-0.2, 0) is 4.74 Å². The number of rotatable bonds is 4. The second kappa shape index (κ2) is 7.72. The second-order valence-corrected chi connectivity index (χ2v) is 11.1. The summed E-state index contributed by atoms with van der Waals surface area (Å²) in [6.45, 7) is 0. The molecular formula is C26H19ClO2P+. The summed E-state index contributed by atoms with van der Waals surface area (Å²) in [7, 11) is -2.43. The molecule has 4 heteroatoms. The van der Waals surface area contributed by atoms with Crippen LogP contribution in [0.3, 0.4) is 0 Å². The largest absolute Gasteiger partial charge is 0.418 e. The number of carbonyl (C=O) groups is 1. The predicted molar refractivity (Wildman–Crippen MR) is 125 cm³/mol. The number of esters is 1. The van der Waals surface area contributed by atoms with E-state index in [0.29, 0.717) is 10.6 Å². The third kappa shape index (κ3) is 2.88. The Morgan fingerprint density at radius 1 is 0.633 bits per heavy atom. The van der Waals surface area contributed by atoms with Crippen LogP contribution in [0.5, 0.6) is 0 Å². The summed E-state index contributed by atoms with van der Waals surface area (Å²) in [5, 5.41) is 4.00. The number of cyclic esters (lactones) is 1. The number of hydrogen-bond acceptors (Lipinski definition) is 2. The zero-order valence-electron chi connectivity index (χ0n) is 16.1. The lowest BCUT2D eigenvalue weighted by Gasteiger charge is -2.31. The number of halogens is 1. The van der Waals surface area contributed by atoms with Crippen LogP contribution >= 0.6 is 18.9 Å². The van der Waals surface area contributed by atoms with Gasteiger partial charge in [-0.05, 0) is 48.5 Å². The van der Waals surface area contributed by atoms with E-state index in [1.54, 1.807) is 12.1 Å². The molecule has 1 aliphatic heterocycles. The van der Waals surface area contributed by atoms with Gasteiger partial charge in [-0.15, -0.1) is 0 Å². The fourth-order valence-electron chi connectivity index (χ4n) is 4.31. The van der Waals surface area contributed by atoms with E-state index in [4.69, 9.17) is 16.3 Å². The maximum absolute atomic E-state index is 12.9. The first-order valence-corrected chi connectivity index (χ1v) is 12.0. The minimum Gasteiger partial charge on any atom is -0.418 e. The third-order valence-electron chi connectivity index (χ3n) is 5.58. The first-order valence-electron chi connectivity index (χ1n) is 9.78. The smallest absolute Gasteiger partial charge is 0.342 e. The molecule has 30 heavy (non-hydrogen) atoms. The number of benzene rings is 4. The van der Waals surface area contributed by atoms with Gasteiger partial charge in [-0.25, -0.2) is 4.79 Å². The molecule has 0 amide bonds. The molecule has 0 bridgehead atoms. The maximum Gasteiger partial charge on any atom is 0.342 e. The van der Waals surface area contributed by atoms with Crippen LogP contribution in [0.4, 0.5) is 0 Å². The van der Waals surface area contributed by atoms with E-state index in [2.05, 4.69) is 36.4 Å². The molecule has 0 fully saturated rings. The molecule has 0 aliphatic carbocycles. The molecule has 4 aromatic carbocycles. The molecule has 1 heterocycles. The van der Waals surface area contributed by atoms with Crippen molar-refractivity contribution < 1.29 is 9.53 Å². The van der Waals surface area contributed by atoms with Crippen molar-refractivity contribution in [1.29, 1.82) is 0 Å². The van der Waals surface area contributed by atoms with Crippen LogP contribution in [0.25, 0.3) is 0 Å². The summed E-state index contributed by atoms with van der Waals surface area (Å²) in [5.74, 6) is -0.800. The number of ether oxygens (including phenoxy) is 1. The SMILES string of the molecule is O=C1OC([P+](c2ccccc2)(c2ccccc2)c2ccccc2)c2c(Cl)cccc21. The summed E-state index contributed by atoms with van der Waals surface area (Å²) in [6, 6.07) is 36.5. The summed E-state index contributed by atoms with van der Waals surface area (Å²) in [6.07, 6.45) is 0. The predicted octanol–water partition coefficient (Wildman–Crippen LogP) is 5.50. The van der Waals surface area contributed by atoms with Gasteiger partial charge in [0.1, 0.15) is 15.9 Å². The summed E-state index contributed by atoms with van der Waals surface area (Å²) in [5.41, 5.74) is 1.34. The highest BCUT2D eigenvalue weighted by atomic mass is 35.5. The van der Waals surface area contributed by atoms with Crippen LogP contribution in [0.15, 0.2) is 109 Å².